The summed E-state index contributed by atoms with van der Waals surface area (Å²) in [6.45, 7) is 2.51. The van der Waals surface area contributed by atoms with Crippen molar-refractivity contribution in [2.45, 2.75) is 20.0 Å². The normalized spacial score (nSPS) is 10.7. The van der Waals surface area contributed by atoms with Crippen LogP contribution in [0.15, 0.2) is 47.3 Å². The van der Waals surface area contributed by atoms with Gasteiger partial charge in [-0.3, -0.25) is 14.3 Å². The Morgan fingerprint density at radius 3 is 2.62 bits per heavy atom. The van der Waals surface area contributed by atoms with Crippen LogP contribution in [0.3, 0.4) is 0 Å². The Balaban J connectivity index is 1.89. The number of hydrogen-bond acceptors (Lipinski definition) is 4. The van der Waals surface area contributed by atoms with E-state index in [2.05, 4.69) is 10.4 Å². The van der Waals surface area contributed by atoms with Crippen LogP contribution in [0.25, 0.3) is 10.9 Å². The maximum atomic E-state index is 13.5. The van der Waals surface area contributed by atoms with Crippen LogP contribution in [0, 0.1) is 5.82 Å². The van der Waals surface area contributed by atoms with Crippen molar-refractivity contribution in [2.75, 3.05) is 7.11 Å². The highest BCUT2D eigenvalue weighted by atomic mass is 19.1. The lowest BCUT2D eigenvalue weighted by molar-refractivity contribution is 0.0942. The van der Waals surface area contributed by atoms with E-state index in [0.29, 0.717) is 17.8 Å². The number of aryl methyl sites for hydroxylation is 1. The molecule has 0 unspecified atom stereocenters. The summed E-state index contributed by atoms with van der Waals surface area (Å²) in [5, 5.41) is 6.95. The van der Waals surface area contributed by atoms with Crippen molar-refractivity contribution in [3.05, 3.63) is 69.8 Å². The molecule has 0 bridgehead atoms. The molecule has 0 aliphatic rings. The molecular formula is C19H18FN3O3. The fraction of sp³-hybridized carbons (Fsp3) is 0.211. The second-order valence-corrected chi connectivity index (χ2v) is 5.69. The summed E-state index contributed by atoms with van der Waals surface area (Å²) < 4.78 is 20.1. The first kappa shape index (κ1) is 17.6. The van der Waals surface area contributed by atoms with Crippen molar-refractivity contribution in [2.24, 2.45) is 0 Å². The van der Waals surface area contributed by atoms with Gasteiger partial charge < -0.3 is 10.1 Å². The van der Waals surface area contributed by atoms with Gasteiger partial charge in [-0.25, -0.2) is 4.39 Å². The largest absolute Gasteiger partial charge is 0.497 e. The number of carbonyl (C=O) groups excluding carboxylic acids is 1. The third-order valence-corrected chi connectivity index (χ3v) is 4.04. The molecule has 3 aromatic rings. The molecule has 26 heavy (non-hydrogen) atoms. The molecule has 0 saturated carbocycles. The van der Waals surface area contributed by atoms with Crippen LogP contribution < -0.4 is 15.5 Å². The van der Waals surface area contributed by atoms with E-state index in [0.717, 1.165) is 11.6 Å². The Morgan fingerprint density at radius 2 is 1.96 bits per heavy atom. The molecule has 1 N–H and O–H groups in total. The van der Waals surface area contributed by atoms with Crippen LogP contribution >= 0.6 is 0 Å². The van der Waals surface area contributed by atoms with Crippen molar-refractivity contribution < 1.29 is 13.9 Å². The molecule has 0 aliphatic heterocycles. The van der Waals surface area contributed by atoms with Gasteiger partial charge in [-0.05, 0) is 42.8 Å². The Bertz CT molecular complexity index is 1010. The van der Waals surface area contributed by atoms with Crippen LogP contribution in [0.2, 0.25) is 0 Å². The van der Waals surface area contributed by atoms with Gasteiger partial charge in [0.1, 0.15) is 11.6 Å². The summed E-state index contributed by atoms with van der Waals surface area (Å²) in [6, 6.07) is 11.1. The summed E-state index contributed by atoms with van der Waals surface area (Å²) in [4.78, 5) is 25.0. The first-order chi connectivity index (χ1) is 12.5. The van der Waals surface area contributed by atoms with Gasteiger partial charge in [0.25, 0.3) is 5.91 Å². The minimum Gasteiger partial charge on any atom is -0.497 e. The van der Waals surface area contributed by atoms with Crippen molar-refractivity contribution in [3.63, 3.8) is 0 Å². The monoisotopic (exact) mass is 355 g/mol. The number of fused-ring (bicyclic) bond motifs is 1. The standard InChI is InChI=1S/C19H18FN3O3/c1-3-23-16-9-6-13(20)10-15(16)18(24)17(22-23)19(25)21-11-12-4-7-14(26-2)8-5-12/h4-10H,3,11H2,1-2H3,(H,21,25). The Hall–Kier alpha value is -3.22. The molecule has 3 rings (SSSR count). The van der Waals surface area contributed by atoms with Crippen LogP contribution in [-0.2, 0) is 13.1 Å². The summed E-state index contributed by atoms with van der Waals surface area (Å²) in [5.74, 6) is -0.420. The first-order valence-electron chi connectivity index (χ1n) is 8.15. The van der Waals surface area contributed by atoms with Crippen LogP contribution in [0.1, 0.15) is 23.0 Å². The zero-order chi connectivity index (χ0) is 18.7. The molecule has 2 aromatic carbocycles. The van der Waals surface area contributed by atoms with E-state index in [1.54, 1.807) is 19.2 Å². The van der Waals surface area contributed by atoms with Crippen molar-refractivity contribution in [1.82, 2.24) is 15.1 Å². The summed E-state index contributed by atoms with van der Waals surface area (Å²) in [5.41, 5.74) is 0.502. The number of nitrogens with zero attached hydrogens (tertiary/aromatic N) is 2. The second-order valence-electron chi connectivity index (χ2n) is 5.69. The number of nitrogens with one attached hydrogen (secondary N) is 1. The minimum absolute atomic E-state index is 0.136. The average Bonchev–Trinajstić information content (AvgIpc) is 2.67. The predicted octanol–water partition coefficient (Wildman–Crippen LogP) is 2.49. The molecule has 1 amide bonds. The number of rotatable bonds is 5. The zero-order valence-corrected chi connectivity index (χ0v) is 14.5. The van der Waals surface area contributed by atoms with Gasteiger partial charge in [0.05, 0.1) is 18.0 Å². The van der Waals surface area contributed by atoms with Crippen LogP contribution in [-0.4, -0.2) is 22.8 Å². The summed E-state index contributed by atoms with van der Waals surface area (Å²) in [7, 11) is 1.57. The quantitative estimate of drug-likeness (QED) is 0.763. The predicted molar refractivity (Wildman–Crippen MR) is 95.8 cm³/mol. The molecule has 134 valence electrons. The van der Waals surface area contributed by atoms with Gasteiger partial charge >= 0.3 is 0 Å². The van der Waals surface area contributed by atoms with Gasteiger partial charge in [0.15, 0.2) is 5.69 Å². The van der Waals surface area contributed by atoms with Crippen molar-refractivity contribution in [3.8, 4) is 5.75 Å². The SMILES string of the molecule is CCn1nc(C(=O)NCc2ccc(OC)cc2)c(=O)c2cc(F)ccc21. The lowest BCUT2D eigenvalue weighted by atomic mass is 10.1. The van der Waals surface area contributed by atoms with E-state index < -0.39 is 17.2 Å². The molecule has 0 spiro atoms. The number of hydrogen-bond donors (Lipinski definition) is 1. The van der Waals surface area contributed by atoms with Gasteiger partial charge in [-0.15, -0.1) is 0 Å². The van der Waals surface area contributed by atoms with Crippen LogP contribution in [0.5, 0.6) is 5.75 Å². The first-order valence-corrected chi connectivity index (χ1v) is 8.15. The molecule has 0 fully saturated rings. The van der Waals surface area contributed by atoms with Crippen LogP contribution in [0.4, 0.5) is 4.39 Å². The summed E-state index contributed by atoms with van der Waals surface area (Å²) in [6.07, 6.45) is 0. The van der Waals surface area contributed by atoms with Crippen molar-refractivity contribution >= 4 is 16.8 Å². The molecule has 1 heterocycles. The molecule has 6 nitrogen and oxygen atoms in total. The fourth-order valence-electron chi connectivity index (χ4n) is 2.66. The number of ether oxygens (including phenoxy) is 1. The number of carbonyl (C=O) groups is 1. The smallest absolute Gasteiger partial charge is 0.276 e. The van der Waals surface area contributed by atoms with E-state index in [9.17, 15) is 14.0 Å². The van der Waals surface area contributed by atoms with E-state index in [1.807, 2.05) is 19.1 Å². The van der Waals surface area contributed by atoms with E-state index in [1.165, 1.54) is 16.8 Å². The molecule has 0 radical (unpaired) electrons. The maximum absolute atomic E-state index is 13.5. The Kier molecular flexibility index (Phi) is 4.97. The average molecular weight is 355 g/mol. The summed E-state index contributed by atoms with van der Waals surface area (Å²) >= 11 is 0. The van der Waals surface area contributed by atoms with Gasteiger partial charge in [0.2, 0.25) is 5.43 Å². The maximum Gasteiger partial charge on any atom is 0.276 e. The molecule has 0 aliphatic carbocycles. The molecule has 0 atom stereocenters. The van der Waals surface area contributed by atoms with Gasteiger partial charge in [-0.2, -0.15) is 5.10 Å². The highest BCUT2D eigenvalue weighted by molar-refractivity contribution is 5.95. The van der Waals surface area contributed by atoms with E-state index in [-0.39, 0.29) is 17.6 Å². The van der Waals surface area contributed by atoms with Gasteiger partial charge in [0, 0.05) is 13.1 Å². The molecule has 1 aromatic heterocycles. The highest BCUT2D eigenvalue weighted by Crippen LogP contribution is 2.13. The zero-order valence-electron chi connectivity index (χ0n) is 14.5. The number of amides is 1. The third kappa shape index (κ3) is 3.42. The van der Waals surface area contributed by atoms with Crippen molar-refractivity contribution in [1.29, 1.82) is 0 Å². The third-order valence-electron chi connectivity index (χ3n) is 4.04. The second kappa shape index (κ2) is 7.35. The highest BCUT2D eigenvalue weighted by Gasteiger charge is 2.17. The van der Waals surface area contributed by atoms with E-state index in [4.69, 9.17) is 4.74 Å². The van der Waals surface area contributed by atoms with Gasteiger partial charge in [-0.1, -0.05) is 12.1 Å². The molecule has 7 heteroatoms. The topological polar surface area (TPSA) is 73.2 Å². The molecule has 0 saturated heterocycles. The fourth-order valence-corrected chi connectivity index (χ4v) is 2.66. The number of aromatic nitrogens is 2. The minimum atomic E-state index is -0.598. The lowest BCUT2D eigenvalue weighted by Crippen LogP contribution is -2.31. The number of methoxy groups -OCH3 is 1. The Morgan fingerprint density at radius 1 is 1.23 bits per heavy atom. The van der Waals surface area contributed by atoms with E-state index >= 15 is 0 Å². The Labute approximate surface area is 149 Å². The lowest BCUT2D eigenvalue weighted by Gasteiger charge is -2.11. The number of halogens is 1. The molecular weight excluding hydrogens is 337 g/mol. The number of benzene rings is 2.